The summed E-state index contributed by atoms with van der Waals surface area (Å²) in [5, 5.41) is 6.63. The van der Waals surface area contributed by atoms with Crippen LogP contribution in [0.1, 0.15) is 72.5 Å². The number of benzene rings is 1. The molecule has 14 heteroatoms. The Hall–Kier alpha value is -4.33. The first kappa shape index (κ1) is 30.1. The molecule has 1 aromatic heterocycles. The predicted molar refractivity (Wildman–Crippen MR) is 147 cm³/mol. The number of methoxy groups -OCH3 is 1. The molecule has 0 unspecified atom stereocenters. The summed E-state index contributed by atoms with van der Waals surface area (Å²) in [6, 6.07) is 2.03. The third-order valence-corrected chi connectivity index (χ3v) is 8.01. The lowest BCUT2D eigenvalue weighted by Crippen LogP contribution is -2.52. The smallest absolute Gasteiger partial charge is 0.429 e. The van der Waals surface area contributed by atoms with Gasteiger partial charge in [0.25, 0.3) is 11.8 Å². The van der Waals surface area contributed by atoms with E-state index < -0.39 is 64.1 Å². The van der Waals surface area contributed by atoms with Crippen LogP contribution in [0.3, 0.4) is 0 Å². The predicted octanol–water partition coefficient (Wildman–Crippen LogP) is 3.32. The topological polar surface area (TPSA) is 138 Å². The Labute approximate surface area is 245 Å². The van der Waals surface area contributed by atoms with Crippen LogP contribution in [0.15, 0.2) is 34.3 Å². The minimum Gasteiger partial charge on any atom is -0.429 e. The number of ether oxygens (including phenoxy) is 3. The van der Waals surface area contributed by atoms with Crippen LogP contribution in [0.5, 0.6) is 5.75 Å². The van der Waals surface area contributed by atoms with Crippen molar-refractivity contribution in [2.24, 2.45) is 5.16 Å². The number of hydrogen-bond acceptors (Lipinski definition) is 9. The van der Waals surface area contributed by atoms with Crippen LogP contribution in [-0.4, -0.2) is 71.2 Å². The zero-order chi connectivity index (χ0) is 31.1. The van der Waals surface area contributed by atoms with E-state index in [0.717, 1.165) is 11.8 Å². The van der Waals surface area contributed by atoms with Crippen molar-refractivity contribution in [2.45, 2.75) is 70.4 Å². The molecule has 0 radical (unpaired) electrons. The van der Waals surface area contributed by atoms with Gasteiger partial charge < -0.3 is 33.8 Å². The molecule has 3 aliphatic rings. The fraction of sp³-hybridized carbons (Fsp3) is 0.483. The molecule has 1 aromatic carbocycles. The fourth-order valence-electron chi connectivity index (χ4n) is 5.84. The van der Waals surface area contributed by atoms with Crippen LogP contribution in [0, 0.1) is 11.6 Å². The second-order valence-corrected chi connectivity index (χ2v) is 11.1. The van der Waals surface area contributed by atoms with E-state index in [9.17, 15) is 28.0 Å². The zero-order valence-electron chi connectivity index (χ0n) is 24.1. The maximum Gasteiger partial charge on any atom is 0.514 e. The Morgan fingerprint density at radius 3 is 2.72 bits per heavy atom. The minimum absolute atomic E-state index is 0.0190. The second kappa shape index (κ2) is 11.7. The van der Waals surface area contributed by atoms with Gasteiger partial charge >= 0.3 is 6.16 Å². The summed E-state index contributed by atoms with van der Waals surface area (Å²) in [4.78, 5) is 61.4. The summed E-state index contributed by atoms with van der Waals surface area (Å²) in [5.74, 6) is -3.85. The van der Waals surface area contributed by atoms with Crippen molar-refractivity contribution in [1.82, 2.24) is 14.8 Å². The van der Waals surface area contributed by atoms with Crippen molar-refractivity contribution in [1.29, 1.82) is 0 Å². The molecule has 230 valence electrons. The number of rotatable bonds is 7. The maximum absolute atomic E-state index is 14.2. The Morgan fingerprint density at radius 1 is 1.28 bits per heavy atom. The molecule has 0 saturated carbocycles. The number of oxime groups is 1. The molecule has 3 aliphatic heterocycles. The molecule has 1 spiro atoms. The van der Waals surface area contributed by atoms with Crippen molar-refractivity contribution in [3.8, 4) is 5.75 Å². The van der Waals surface area contributed by atoms with Crippen molar-refractivity contribution >= 4 is 23.7 Å². The van der Waals surface area contributed by atoms with Crippen LogP contribution >= 0.6 is 0 Å². The number of carbonyl (C=O) groups is 3. The van der Waals surface area contributed by atoms with E-state index in [0.29, 0.717) is 25.3 Å². The lowest BCUT2D eigenvalue weighted by Gasteiger charge is -2.42. The first-order valence-electron chi connectivity index (χ1n) is 13.9. The van der Waals surface area contributed by atoms with E-state index in [4.69, 9.17) is 19.0 Å². The molecule has 1 fully saturated rings. The Kier molecular flexibility index (Phi) is 8.23. The standard InChI is InChI=1S/C29H32F2N4O8/c1-15-10-29(43-33-15)8-7-16(2)34-13-22(29)35-12-20(26(37)32-11-18-5-6-19(30)9-21(18)31)24(36)25(23(35)27(34)38)42-28(39)41-17(3)14-40-4/h5-6,9,12,16-17,22H,7-8,10-11,13-14H2,1-4H3,(H,32,37)/t16-,17+,22+,29-/m0/s1. The van der Waals surface area contributed by atoms with E-state index in [1.807, 2.05) is 13.8 Å². The third-order valence-electron chi connectivity index (χ3n) is 8.01. The van der Waals surface area contributed by atoms with E-state index in [1.165, 1.54) is 23.9 Å². The monoisotopic (exact) mass is 602 g/mol. The Bertz CT molecular complexity index is 1560. The highest BCUT2D eigenvalue weighted by Gasteiger charge is 2.54. The third kappa shape index (κ3) is 5.70. The number of fused-ring (bicyclic) bond motifs is 5. The molecular weight excluding hydrogens is 570 g/mol. The van der Waals surface area contributed by atoms with Crippen LogP contribution in [-0.2, 0) is 20.9 Å². The largest absolute Gasteiger partial charge is 0.514 e. The van der Waals surface area contributed by atoms with Gasteiger partial charge in [-0.25, -0.2) is 13.6 Å². The molecule has 1 saturated heterocycles. The summed E-state index contributed by atoms with van der Waals surface area (Å²) in [6.07, 6.45) is 0.751. The van der Waals surface area contributed by atoms with Gasteiger partial charge in [0.2, 0.25) is 11.2 Å². The summed E-state index contributed by atoms with van der Waals surface area (Å²) in [7, 11) is 1.41. The quantitative estimate of drug-likeness (QED) is 0.477. The molecule has 4 heterocycles. The Morgan fingerprint density at radius 2 is 2.05 bits per heavy atom. The van der Waals surface area contributed by atoms with Gasteiger partial charge in [0.15, 0.2) is 11.3 Å². The molecule has 12 nitrogen and oxygen atoms in total. The lowest BCUT2D eigenvalue weighted by molar-refractivity contribution is -0.0655. The molecule has 4 atom stereocenters. The SMILES string of the molecule is COC[C@@H](C)OC(=O)Oc1c2n(cc(C(=O)NCc3ccc(F)cc3F)c1=O)[C@@H]1CN(C2=O)[C@@H](C)CC[C@]12CC(C)=NO2. The molecule has 5 rings (SSSR count). The molecule has 2 bridgehead atoms. The van der Waals surface area contributed by atoms with Gasteiger partial charge in [-0.3, -0.25) is 14.4 Å². The fourth-order valence-corrected chi connectivity index (χ4v) is 5.84. The van der Waals surface area contributed by atoms with Gasteiger partial charge in [-0.2, -0.15) is 0 Å². The molecular formula is C29H32F2N4O8. The molecule has 43 heavy (non-hydrogen) atoms. The van der Waals surface area contributed by atoms with Crippen LogP contribution in [0.4, 0.5) is 13.6 Å². The maximum atomic E-state index is 14.2. The summed E-state index contributed by atoms with van der Waals surface area (Å²) < 4.78 is 44.5. The number of nitrogens with one attached hydrogen (secondary N) is 1. The van der Waals surface area contributed by atoms with Gasteiger partial charge in [-0.1, -0.05) is 11.2 Å². The van der Waals surface area contributed by atoms with Crippen molar-refractivity contribution < 1.29 is 42.2 Å². The number of pyridine rings is 1. The van der Waals surface area contributed by atoms with Gasteiger partial charge in [0, 0.05) is 50.5 Å². The van der Waals surface area contributed by atoms with Crippen molar-refractivity contribution in [3.63, 3.8) is 0 Å². The second-order valence-electron chi connectivity index (χ2n) is 11.1. The number of halogens is 2. The average Bonchev–Trinajstić information content (AvgIpc) is 3.28. The first-order valence-corrected chi connectivity index (χ1v) is 13.9. The summed E-state index contributed by atoms with van der Waals surface area (Å²) >= 11 is 0. The highest BCUT2D eigenvalue weighted by Crippen LogP contribution is 2.46. The van der Waals surface area contributed by atoms with Gasteiger partial charge in [-0.15, -0.1) is 0 Å². The lowest BCUT2D eigenvalue weighted by atomic mass is 9.84. The van der Waals surface area contributed by atoms with Crippen molar-refractivity contribution in [3.05, 3.63) is 63.1 Å². The number of carbonyl (C=O) groups excluding carboxylic acids is 3. The van der Waals surface area contributed by atoms with Gasteiger partial charge in [0.05, 0.1) is 18.4 Å². The van der Waals surface area contributed by atoms with E-state index in [2.05, 4.69) is 10.5 Å². The molecule has 1 N–H and O–H groups in total. The van der Waals surface area contributed by atoms with Crippen LogP contribution in [0.2, 0.25) is 0 Å². The Balaban J connectivity index is 1.60. The summed E-state index contributed by atoms with van der Waals surface area (Å²) in [5.41, 5.74) is -1.92. The highest BCUT2D eigenvalue weighted by atomic mass is 19.1. The number of hydrogen-bond donors (Lipinski definition) is 1. The van der Waals surface area contributed by atoms with E-state index in [-0.39, 0.29) is 37.0 Å². The molecule has 2 aromatic rings. The van der Waals surface area contributed by atoms with Gasteiger partial charge in [0.1, 0.15) is 23.3 Å². The van der Waals surface area contributed by atoms with Crippen LogP contribution < -0.4 is 15.5 Å². The number of aromatic nitrogens is 1. The number of amides is 2. The van der Waals surface area contributed by atoms with E-state index >= 15 is 0 Å². The molecule has 0 aliphatic carbocycles. The molecule has 2 amide bonds. The minimum atomic E-state index is -1.27. The zero-order valence-corrected chi connectivity index (χ0v) is 24.1. The highest BCUT2D eigenvalue weighted by molar-refractivity contribution is 6.00. The van der Waals surface area contributed by atoms with Crippen molar-refractivity contribution in [2.75, 3.05) is 20.3 Å². The van der Waals surface area contributed by atoms with Gasteiger partial charge in [-0.05, 0) is 39.7 Å². The average molecular weight is 603 g/mol. The summed E-state index contributed by atoms with van der Waals surface area (Å²) in [6.45, 7) is 5.10. The van der Waals surface area contributed by atoms with Crippen LogP contribution in [0.25, 0.3) is 0 Å². The first-order chi connectivity index (χ1) is 20.4. The normalized spacial score (nSPS) is 23.2. The van der Waals surface area contributed by atoms with E-state index in [1.54, 1.807) is 11.8 Å². The number of nitrogens with zero attached hydrogens (tertiary/aromatic N) is 3.